The van der Waals surface area contributed by atoms with Gasteiger partial charge in [-0.25, -0.2) is 4.79 Å². The Morgan fingerprint density at radius 3 is 2.27 bits per heavy atom. The summed E-state index contributed by atoms with van der Waals surface area (Å²) in [6, 6.07) is -0.588. The SMILES string of the molecule is CN(C)C(=O)C1CCC(CC(=O)O)CN1C(=O)OC(C)(C)C. The predicted octanol–water partition coefficient (Wildman–Crippen LogP) is 1.57. The molecule has 7 nitrogen and oxygen atoms in total. The van der Waals surface area contributed by atoms with Crippen LogP contribution in [0, 0.1) is 5.92 Å². The number of carboxylic acids is 1. The Balaban J connectivity index is 2.90. The monoisotopic (exact) mass is 314 g/mol. The second-order valence-corrected chi connectivity index (χ2v) is 6.92. The van der Waals surface area contributed by atoms with Crippen LogP contribution < -0.4 is 0 Å². The molecule has 22 heavy (non-hydrogen) atoms. The molecule has 0 aromatic heterocycles. The van der Waals surface area contributed by atoms with Crippen LogP contribution in [0.2, 0.25) is 0 Å². The molecule has 0 aliphatic carbocycles. The first kappa shape index (κ1) is 18.3. The van der Waals surface area contributed by atoms with Gasteiger partial charge < -0.3 is 14.7 Å². The Morgan fingerprint density at radius 2 is 1.82 bits per heavy atom. The molecular weight excluding hydrogens is 288 g/mol. The van der Waals surface area contributed by atoms with Crippen molar-refractivity contribution in [3.8, 4) is 0 Å². The Bertz CT molecular complexity index is 442. The Hall–Kier alpha value is -1.79. The minimum absolute atomic E-state index is 0.0117. The maximum atomic E-state index is 12.4. The van der Waals surface area contributed by atoms with E-state index in [4.69, 9.17) is 9.84 Å². The van der Waals surface area contributed by atoms with Crippen LogP contribution in [0.25, 0.3) is 0 Å². The predicted molar refractivity (Wildman–Crippen MR) is 80.4 cm³/mol. The summed E-state index contributed by atoms with van der Waals surface area (Å²) in [4.78, 5) is 38.3. The van der Waals surface area contributed by atoms with Gasteiger partial charge in [0.25, 0.3) is 0 Å². The molecule has 0 radical (unpaired) electrons. The van der Waals surface area contributed by atoms with Crippen LogP contribution in [0.3, 0.4) is 0 Å². The van der Waals surface area contributed by atoms with Crippen LogP contribution in [0.1, 0.15) is 40.0 Å². The average molecular weight is 314 g/mol. The molecular formula is C15H26N2O5. The Kier molecular flexibility index (Phi) is 5.79. The van der Waals surface area contributed by atoms with Gasteiger partial charge in [0, 0.05) is 27.1 Å². The third-order valence-corrected chi connectivity index (χ3v) is 3.50. The normalized spacial score (nSPS) is 22.1. The molecule has 1 aliphatic heterocycles. The standard InChI is InChI=1S/C15H26N2O5/c1-15(2,3)22-14(21)17-9-10(8-12(18)19)6-7-11(17)13(20)16(4)5/h10-11H,6-9H2,1-5H3,(H,18,19). The first-order valence-corrected chi connectivity index (χ1v) is 7.44. The average Bonchev–Trinajstić information content (AvgIpc) is 2.34. The quantitative estimate of drug-likeness (QED) is 0.854. The van der Waals surface area contributed by atoms with E-state index >= 15 is 0 Å². The van der Waals surface area contributed by atoms with Crippen molar-refractivity contribution in [2.24, 2.45) is 5.92 Å². The van der Waals surface area contributed by atoms with Crippen molar-refractivity contribution >= 4 is 18.0 Å². The highest BCUT2D eigenvalue weighted by molar-refractivity contribution is 5.85. The summed E-state index contributed by atoms with van der Waals surface area (Å²) >= 11 is 0. The summed E-state index contributed by atoms with van der Waals surface area (Å²) in [6.45, 7) is 5.50. The zero-order valence-electron chi connectivity index (χ0n) is 14.0. The van der Waals surface area contributed by atoms with Gasteiger partial charge in [-0.3, -0.25) is 14.5 Å². The van der Waals surface area contributed by atoms with Gasteiger partial charge in [-0.15, -0.1) is 0 Å². The van der Waals surface area contributed by atoms with Crippen molar-refractivity contribution in [1.82, 2.24) is 9.80 Å². The molecule has 0 saturated carbocycles. The molecule has 2 amide bonds. The second kappa shape index (κ2) is 6.98. The first-order valence-electron chi connectivity index (χ1n) is 7.44. The molecule has 1 fully saturated rings. The highest BCUT2D eigenvalue weighted by Crippen LogP contribution is 2.27. The summed E-state index contributed by atoms with van der Waals surface area (Å²) in [6.07, 6.45) is 0.481. The number of carboxylic acid groups (broad SMARTS) is 1. The Labute approximate surface area is 131 Å². The van der Waals surface area contributed by atoms with Crippen molar-refractivity contribution in [2.45, 2.75) is 51.7 Å². The summed E-state index contributed by atoms with van der Waals surface area (Å²) in [7, 11) is 3.28. The summed E-state index contributed by atoms with van der Waals surface area (Å²) in [5.74, 6) is -1.22. The van der Waals surface area contributed by atoms with Crippen molar-refractivity contribution in [3.63, 3.8) is 0 Å². The van der Waals surface area contributed by atoms with Gasteiger partial charge in [0.15, 0.2) is 0 Å². The van der Waals surface area contributed by atoms with Gasteiger partial charge in [0.2, 0.25) is 5.91 Å². The summed E-state index contributed by atoms with van der Waals surface area (Å²) in [5.41, 5.74) is -0.664. The number of likely N-dealkylation sites (N-methyl/N-ethyl adjacent to an activating group) is 1. The third kappa shape index (κ3) is 5.20. The van der Waals surface area contributed by atoms with E-state index in [0.29, 0.717) is 12.8 Å². The van der Waals surface area contributed by atoms with E-state index in [9.17, 15) is 14.4 Å². The fraction of sp³-hybridized carbons (Fsp3) is 0.800. The molecule has 1 heterocycles. The van der Waals surface area contributed by atoms with Gasteiger partial charge in [-0.2, -0.15) is 0 Å². The topological polar surface area (TPSA) is 87.2 Å². The molecule has 0 spiro atoms. The number of nitrogens with zero attached hydrogens (tertiary/aromatic N) is 2. The zero-order valence-corrected chi connectivity index (χ0v) is 14.0. The molecule has 1 saturated heterocycles. The van der Waals surface area contributed by atoms with E-state index in [1.807, 2.05) is 0 Å². The number of aliphatic carboxylic acids is 1. The lowest BCUT2D eigenvalue weighted by Crippen LogP contribution is -2.54. The smallest absolute Gasteiger partial charge is 0.410 e. The minimum atomic E-state index is -0.897. The van der Waals surface area contributed by atoms with Crippen LogP contribution in [0.5, 0.6) is 0 Å². The van der Waals surface area contributed by atoms with E-state index in [2.05, 4.69) is 0 Å². The highest BCUT2D eigenvalue weighted by atomic mass is 16.6. The number of rotatable bonds is 3. The number of likely N-dealkylation sites (tertiary alicyclic amines) is 1. The van der Waals surface area contributed by atoms with Crippen molar-refractivity contribution in [3.05, 3.63) is 0 Å². The Morgan fingerprint density at radius 1 is 1.23 bits per heavy atom. The molecule has 7 heteroatoms. The van der Waals surface area contributed by atoms with E-state index in [-0.39, 0.29) is 24.8 Å². The van der Waals surface area contributed by atoms with Crippen molar-refractivity contribution in [2.75, 3.05) is 20.6 Å². The highest BCUT2D eigenvalue weighted by Gasteiger charge is 2.39. The van der Waals surface area contributed by atoms with Crippen molar-refractivity contribution < 1.29 is 24.2 Å². The van der Waals surface area contributed by atoms with Gasteiger partial charge in [-0.05, 0) is 39.5 Å². The molecule has 1 N–H and O–H groups in total. The minimum Gasteiger partial charge on any atom is -0.481 e. The molecule has 126 valence electrons. The van der Waals surface area contributed by atoms with Crippen LogP contribution in [-0.2, 0) is 14.3 Å². The van der Waals surface area contributed by atoms with Gasteiger partial charge in [0.1, 0.15) is 11.6 Å². The summed E-state index contributed by atoms with van der Waals surface area (Å²) < 4.78 is 5.36. The van der Waals surface area contributed by atoms with E-state index in [1.54, 1.807) is 34.9 Å². The molecule has 0 bridgehead atoms. The molecule has 1 rings (SSSR count). The lowest BCUT2D eigenvalue weighted by Gasteiger charge is -2.39. The van der Waals surface area contributed by atoms with E-state index in [0.717, 1.165) is 0 Å². The van der Waals surface area contributed by atoms with Crippen LogP contribution >= 0.6 is 0 Å². The number of piperidine rings is 1. The van der Waals surface area contributed by atoms with E-state index in [1.165, 1.54) is 9.80 Å². The molecule has 0 aromatic rings. The maximum Gasteiger partial charge on any atom is 0.410 e. The number of hydrogen-bond donors (Lipinski definition) is 1. The molecule has 1 aliphatic rings. The van der Waals surface area contributed by atoms with Crippen LogP contribution in [-0.4, -0.2) is 65.2 Å². The number of amides is 2. The number of carbonyl (C=O) groups is 3. The van der Waals surface area contributed by atoms with Crippen molar-refractivity contribution in [1.29, 1.82) is 0 Å². The van der Waals surface area contributed by atoms with Crippen LogP contribution in [0.15, 0.2) is 0 Å². The zero-order chi connectivity index (χ0) is 17.1. The largest absolute Gasteiger partial charge is 0.481 e. The fourth-order valence-electron chi connectivity index (χ4n) is 2.54. The van der Waals surface area contributed by atoms with E-state index < -0.39 is 23.7 Å². The lowest BCUT2D eigenvalue weighted by atomic mass is 9.90. The number of hydrogen-bond acceptors (Lipinski definition) is 4. The third-order valence-electron chi connectivity index (χ3n) is 3.50. The van der Waals surface area contributed by atoms with Crippen LogP contribution in [0.4, 0.5) is 4.79 Å². The second-order valence-electron chi connectivity index (χ2n) is 6.92. The van der Waals surface area contributed by atoms with Gasteiger partial charge in [0.05, 0.1) is 0 Å². The van der Waals surface area contributed by atoms with Gasteiger partial charge >= 0.3 is 12.1 Å². The fourth-order valence-corrected chi connectivity index (χ4v) is 2.54. The molecule has 2 unspecified atom stereocenters. The lowest BCUT2D eigenvalue weighted by molar-refractivity contribution is -0.139. The maximum absolute atomic E-state index is 12.4. The summed E-state index contributed by atoms with van der Waals surface area (Å²) in [5, 5.41) is 8.93. The number of ether oxygens (including phenoxy) is 1. The van der Waals surface area contributed by atoms with Gasteiger partial charge in [-0.1, -0.05) is 0 Å². The molecule has 0 aromatic carbocycles. The first-order chi connectivity index (χ1) is 10.0. The molecule has 2 atom stereocenters. The number of carbonyl (C=O) groups excluding carboxylic acids is 2.